The average molecular weight is 936 g/mol. The smallest absolute Gasteiger partial charge is 0.147 e. The van der Waals surface area contributed by atoms with Crippen molar-refractivity contribution in [3.05, 3.63) is 0 Å². The molecule has 9 heteroatoms. The van der Waals surface area contributed by atoms with Gasteiger partial charge >= 0.3 is 0 Å². The number of carbonyl (C=O) groups is 2. The van der Waals surface area contributed by atoms with Crippen LogP contribution in [-0.2, 0) is 19.1 Å². The summed E-state index contributed by atoms with van der Waals surface area (Å²) in [5, 5.41) is 22.2. The maximum atomic E-state index is 12.5. The lowest BCUT2D eigenvalue weighted by molar-refractivity contribution is -0.135. The van der Waals surface area contributed by atoms with Crippen LogP contribution in [0.3, 0.4) is 0 Å². The first kappa shape index (κ1) is 43.3. The molecular formula is C44H72BrIO6S. The zero-order chi connectivity index (χ0) is 38.3. The summed E-state index contributed by atoms with van der Waals surface area (Å²) >= 11 is 5.26. The van der Waals surface area contributed by atoms with E-state index in [2.05, 4.69) is 39.6 Å². The zero-order valence-corrected chi connectivity index (χ0v) is 38.1. The largest absolute Gasteiger partial charge is 0.387 e. The Labute approximate surface area is 347 Å². The summed E-state index contributed by atoms with van der Waals surface area (Å²) in [5.41, 5.74) is -0.665. The van der Waals surface area contributed by atoms with E-state index in [1.165, 1.54) is 77.0 Å². The van der Waals surface area contributed by atoms with Gasteiger partial charge in [-0.2, -0.15) is 0 Å². The van der Waals surface area contributed by atoms with Crippen molar-refractivity contribution in [1.29, 1.82) is 0 Å². The fourth-order valence-electron chi connectivity index (χ4n) is 16.0. The highest BCUT2D eigenvalue weighted by Gasteiger charge is 2.60. The van der Waals surface area contributed by atoms with Gasteiger partial charge in [0.15, 0.2) is 0 Å². The number of methoxy groups -OCH3 is 2. The molecule has 8 saturated carbocycles. The third kappa shape index (κ3) is 8.19. The Morgan fingerprint density at radius 1 is 0.623 bits per heavy atom. The quantitative estimate of drug-likeness (QED) is 0.134. The number of halogens is 2. The summed E-state index contributed by atoms with van der Waals surface area (Å²) in [6, 6.07) is 0. The number of carbonyl (C=O) groups excluding carboxylic acids is 2. The van der Waals surface area contributed by atoms with Crippen LogP contribution in [0.4, 0.5) is 0 Å². The Morgan fingerprint density at radius 2 is 1.04 bits per heavy atom. The molecule has 0 aromatic carbocycles. The average Bonchev–Trinajstić information content (AvgIpc) is 3.69. The standard InChI is InChI=1S/C22H35BrO3.C22H36O3.HIS/c1-21-9-7-16-15-8-10-22(25,13-26-2)11-14(15)3-4-17(16)18(21)5-6-19(21)20(24)12-23;1-14(23)19-6-7-20-18-5-4-15-12-22(24,13-25-3)11-9-16(15)17(18)8-10-21(19,20)2;1-2/h14-19,25H,3-13H2,1-2H3;15-20,24H,4-13H2,1-3H3;2H/t14-,15-,16+,17+,18-,19+,21-,22+;15-,16-,17+,18+,19+,20-,21+,22+;/m00./s1. The molecule has 0 bridgehead atoms. The van der Waals surface area contributed by atoms with Gasteiger partial charge in [-0.1, -0.05) is 29.8 Å². The van der Waals surface area contributed by atoms with Gasteiger partial charge in [0.25, 0.3) is 0 Å². The zero-order valence-electron chi connectivity index (χ0n) is 33.5. The maximum Gasteiger partial charge on any atom is 0.147 e. The summed E-state index contributed by atoms with van der Waals surface area (Å²) in [6.45, 7) is 7.65. The minimum Gasteiger partial charge on any atom is -0.387 e. The van der Waals surface area contributed by atoms with Crippen molar-refractivity contribution in [1.82, 2.24) is 0 Å². The van der Waals surface area contributed by atoms with Gasteiger partial charge in [0.2, 0.25) is 0 Å². The van der Waals surface area contributed by atoms with Crippen LogP contribution < -0.4 is 0 Å². The van der Waals surface area contributed by atoms with E-state index in [0.29, 0.717) is 47.9 Å². The van der Waals surface area contributed by atoms with Crippen molar-refractivity contribution in [3.8, 4) is 0 Å². The number of thiol groups is 1. The molecule has 8 aliphatic rings. The number of aliphatic hydroxyl groups is 2. The van der Waals surface area contributed by atoms with Crippen LogP contribution in [0.15, 0.2) is 0 Å². The normalized spacial score (nSPS) is 49.5. The number of Topliss-reactive ketones (excluding diaryl/α,β-unsaturated/α-hetero) is 2. The molecule has 8 fully saturated rings. The molecule has 16 atom stereocenters. The predicted molar refractivity (Wildman–Crippen MR) is 227 cm³/mol. The number of rotatable bonds is 7. The van der Waals surface area contributed by atoms with Gasteiger partial charge in [0.05, 0.1) is 29.7 Å². The summed E-state index contributed by atoms with van der Waals surface area (Å²) in [5.74, 6) is 9.25. The van der Waals surface area contributed by atoms with E-state index in [4.69, 9.17) is 9.47 Å². The van der Waals surface area contributed by atoms with Gasteiger partial charge in [-0.05, 0) is 214 Å². The van der Waals surface area contributed by atoms with E-state index in [-0.39, 0.29) is 16.7 Å². The lowest BCUT2D eigenvalue weighted by Gasteiger charge is -2.57. The van der Waals surface area contributed by atoms with E-state index >= 15 is 0 Å². The number of hydrogen-bond acceptors (Lipinski definition) is 7. The minimum atomic E-state index is -0.591. The van der Waals surface area contributed by atoms with Crippen LogP contribution in [0, 0.1) is 81.8 Å². The lowest BCUT2D eigenvalue weighted by atomic mass is 9.49. The summed E-state index contributed by atoms with van der Waals surface area (Å²) in [6.07, 6.45) is 21.0. The van der Waals surface area contributed by atoms with E-state index in [0.717, 1.165) is 85.9 Å². The molecule has 0 aromatic heterocycles. The van der Waals surface area contributed by atoms with Crippen molar-refractivity contribution in [2.45, 2.75) is 148 Å². The predicted octanol–water partition coefficient (Wildman–Crippen LogP) is 10.1. The van der Waals surface area contributed by atoms with Crippen molar-refractivity contribution in [3.63, 3.8) is 0 Å². The molecular weight excluding hydrogens is 863 g/mol. The van der Waals surface area contributed by atoms with Crippen molar-refractivity contribution in [2.75, 3.05) is 32.8 Å². The first-order valence-electron chi connectivity index (χ1n) is 21.5. The molecule has 2 N–H and O–H groups in total. The van der Waals surface area contributed by atoms with Crippen LogP contribution in [0.5, 0.6) is 0 Å². The van der Waals surface area contributed by atoms with Gasteiger partial charge in [0.1, 0.15) is 11.6 Å². The highest BCUT2D eigenvalue weighted by atomic mass is 127. The monoisotopic (exact) mass is 934 g/mol. The van der Waals surface area contributed by atoms with Crippen LogP contribution in [0.2, 0.25) is 0 Å². The SMILES string of the molecule is COC[C@@]1(O)CC[C@H]2[C@@H](CC[C@@H]3[C@@H]2CC[C@]2(C)[C@@H](C(=O)CBr)CC[C@@H]32)C1.COC[C@@]1(O)CC[C@H]2[C@@H](CC[C@@H]3[C@@H]2CC[C@]2(C)[C@@H](C(C)=O)CC[C@@H]32)C1.SI. The number of hydrogen-bond donors (Lipinski definition) is 3. The number of alkyl halides is 1. The third-order valence-corrected chi connectivity index (χ3v) is 18.6. The molecule has 0 saturated heterocycles. The Kier molecular flexibility index (Phi) is 14.3. The van der Waals surface area contributed by atoms with Crippen molar-refractivity contribution >= 4 is 58.5 Å². The second-order valence-corrected chi connectivity index (χ2v) is 20.8. The highest BCUT2D eigenvalue weighted by molar-refractivity contribution is 14.2. The Hall–Kier alpha value is 0.740. The first-order chi connectivity index (χ1) is 25.3. The molecule has 0 unspecified atom stereocenters. The molecule has 6 nitrogen and oxygen atoms in total. The van der Waals surface area contributed by atoms with Gasteiger partial charge in [-0.25, -0.2) is 0 Å². The summed E-state index contributed by atoms with van der Waals surface area (Å²) in [7, 11) is 6.90. The van der Waals surface area contributed by atoms with Crippen LogP contribution >= 0.6 is 46.9 Å². The van der Waals surface area contributed by atoms with Gasteiger partial charge in [-0.15, -0.1) is 9.80 Å². The van der Waals surface area contributed by atoms with Crippen molar-refractivity contribution < 1.29 is 29.3 Å². The Bertz CT molecular complexity index is 1290. The lowest BCUT2D eigenvalue weighted by Crippen LogP contribution is -2.52. The molecule has 8 aliphatic carbocycles. The molecule has 8 rings (SSSR count). The molecule has 0 aliphatic heterocycles. The van der Waals surface area contributed by atoms with Gasteiger partial charge in [-0.3, -0.25) is 9.59 Å². The fourth-order valence-corrected chi connectivity index (χ4v) is 16.4. The van der Waals surface area contributed by atoms with Gasteiger partial charge in [0, 0.05) is 26.1 Å². The second kappa shape index (κ2) is 17.5. The van der Waals surface area contributed by atoms with E-state index in [1.54, 1.807) is 14.2 Å². The molecule has 0 spiro atoms. The molecule has 0 heterocycles. The molecule has 0 amide bonds. The van der Waals surface area contributed by atoms with E-state index in [9.17, 15) is 19.8 Å². The molecule has 0 radical (unpaired) electrons. The first-order valence-corrected chi connectivity index (χ1v) is 25.8. The van der Waals surface area contributed by atoms with Crippen LogP contribution in [0.25, 0.3) is 0 Å². The van der Waals surface area contributed by atoms with E-state index in [1.807, 2.05) is 28.1 Å². The van der Waals surface area contributed by atoms with Crippen molar-refractivity contribution in [2.24, 2.45) is 81.8 Å². The number of ether oxygens (including phenoxy) is 2. The molecule has 53 heavy (non-hydrogen) atoms. The minimum absolute atomic E-state index is 0.240. The summed E-state index contributed by atoms with van der Waals surface area (Å²) < 4.78 is 10.6. The number of fused-ring (bicyclic) bond motifs is 10. The van der Waals surface area contributed by atoms with Gasteiger partial charge < -0.3 is 19.7 Å². The maximum absolute atomic E-state index is 12.5. The Balaban J connectivity index is 0.000000173. The molecule has 0 aromatic rings. The van der Waals surface area contributed by atoms with Crippen LogP contribution in [-0.4, -0.2) is 65.7 Å². The molecule has 304 valence electrons. The van der Waals surface area contributed by atoms with Crippen LogP contribution in [0.1, 0.15) is 136 Å². The third-order valence-electron chi connectivity index (χ3n) is 18.0. The number of ketones is 2. The summed E-state index contributed by atoms with van der Waals surface area (Å²) in [4.78, 5) is 24.7. The topological polar surface area (TPSA) is 93.1 Å². The fraction of sp³-hybridized carbons (Fsp3) is 0.955. The Morgan fingerprint density at radius 3 is 1.45 bits per heavy atom. The highest BCUT2D eigenvalue weighted by Crippen LogP contribution is 2.66. The van der Waals surface area contributed by atoms with E-state index < -0.39 is 11.2 Å². The second-order valence-electron chi connectivity index (χ2n) is 20.2.